The topological polar surface area (TPSA) is 35.5 Å². The number of rotatable bonds is 9. The van der Waals surface area contributed by atoms with E-state index in [1.807, 2.05) is 6.92 Å². The molecule has 2 unspecified atom stereocenters. The molecule has 0 bridgehead atoms. The maximum Gasteiger partial charge on any atom is 0.327 e. The second-order valence-electron chi connectivity index (χ2n) is 3.90. The van der Waals surface area contributed by atoms with Crippen LogP contribution in [0.3, 0.4) is 0 Å². The lowest BCUT2D eigenvalue weighted by Gasteiger charge is -2.18. The first-order valence-corrected chi connectivity index (χ1v) is 7.91. The van der Waals surface area contributed by atoms with Gasteiger partial charge in [-0.15, -0.1) is 0 Å². The predicted molar refractivity (Wildman–Crippen MR) is 64.4 cm³/mol. The fourth-order valence-electron chi connectivity index (χ4n) is 1.41. The summed E-state index contributed by atoms with van der Waals surface area (Å²) in [4.78, 5) is 0. The van der Waals surface area contributed by atoms with E-state index in [-0.39, 0.29) is 0 Å². The molecule has 0 radical (unpaired) electrons. The molecule has 92 valence electrons. The predicted octanol–water partition coefficient (Wildman–Crippen LogP) is 4.08. The molecule has 0 amide bonds. The molecule has 0 aromatic heterocycles. The van der Waals surface area contributed by atoms with Gasteiger partial charge in [0.05, 0.1) is 13.2 Å². The number of hydrogen-bond acceptors (Lipinski definition) is 3. The van der Waals surface area contributed by atoms with Gasteiger partial charge in [0, 0.05) is 6.66 Å². The first-order valence-electron chi connectivity index (χ1n) is 5.92. The van der Waals surface area contributed by atoms with Crippen molar-refractivity contribution in [1.82, 2.24) is 0 Å². The maximum atomic E-state index is 11.7. The third-order valence-electron chi connectivity index (χ3n) is 2.45. The molecule has 0 spiro atoms. The highest BCUT2D eigenvalue weighted by Crippen LogP contribution is 2.44. The van der Waals surface area contributed by atoms with Gasteiger partial charge in [0.25, 0.3) is 0 Å². The van der Waals surface area contributed by atoms with Crippen molar-refractivity contribution in [1.29, 1.82) is 0 Å². The Morgan fingerprint density at radius 1 is 1.20 bits per heavy atom. The van der Waals surface area contributed by atoms with Crippen molar-refractivity contribution in [2.24, 2.45) is 5.92 Å². The zero-order chi connectivity index (χ0) is 11.7. The minimum Gasteiger partial charge on any atom is -0.309 e. The van der Waals surface area contributed by atoms with Crippen LogP contribution in [-0.2, 0) is 13.6 Å². The first-order chi connectivity index (χ1) is 7.05. The van der Waals surface area contributed by atoms with Crippen LogP contribution in [0.25, 0.3) is 0 Å². The molecule has 0 fully saturated rings. The second-order valence-corrected chi connectivity index (χ2v) is 5.96. The molecule has 0 aromatic carbocycles. The largest absolute Gasteiger partial charge is 0.327 e. The van der Waals surface area contributed by atoms with E-state index < -0.39 is 7.60 Å². The second kappa shape index (κ2) is 8.32. The van der Waals surface area contributed by atoms with Crippen molar-refractivity contribution >= 4 is 7.60 Å². The SMILES string of the molecule is CCCCC(CC)COP(C)(=O)OCC. The number of unbranched alkanes of at least 4 members (excludes halogenated alkanes) is 1. The highest BCUT2D eigenvalue weighted by Gasteiger charge is 2.18. The van der Waals surface area contributed by atoms with Crippen LogP contribution in [0, 0.1) is 5.92 Å². The molecule has 4 heteroatoms. The molecule has 0 saturated heterocycles. The van der Waals surface area contributed by atoms with Crippen molar-refractivity contribution in [3.63, 3.8) is 0 Å². The summed E-state index contributed by atoms with van der Waals surface area (Å²) in [6.45, 7) is 8.70. The smallest absolute Gasteiger partial charge is 0.309 e. The highest BCUT2D eigenvalue weighted by atomic mass is 31.2. The summed E-state index contributed by atoms with van der Waals surface area (Å²) < 4.78 is 22.1. The van der Waals surface area contributed by atoms with Crippen LogP contribution in [-0.4, -0.2) is 19.9 Å². The molecular formula is C11H25O3P. The van der Waals surface area contributed by atoms with Crippen molar-refractivity contribution in [2.75, 3.05) is 19.9 Å². The average molecular weight is 236 g/mol. The molecule has 0 N–H and O–H groups in total. The summed E-state index contributed by atoms with van der Waals surface area (Å²) in [5.41, 5.74) is 0. The molecule has 0 heterocycles. The fraction of sp³-hybridized carbons (Fsp3) is 1.00. The molecule has 0 aliphatic carbocycles. The summed E-state index contributed by atoms with van der Waals surface area (Å²) >= 11 is 0. The molecule has 0 saturated carbocycles. The standard InChI is InChI=1S/C11H25O3P/c1-5-8-9-11(6-2)10-14-15(4,12)13-7-3/h11H,5-10H2,1-4H3. The Bertz CT molecular complexity index is 194. The Labute approximate surface area is 94.1 Å². The molecular weight excluding hydrogens is 211 g/mol. The van der Waals surface area contributed by atoms with Crippen molar-refractivity contribution in [2.45, 2.75) is 46.5 Å². The van der Waals surface area contributed by atoms with Crippen LogP contribution < -0.4 is 0 Å². The third-order valence-corrected chi connectivity index (χ3v) is 3.80. The zero-order valence-corrected chi connectivity index (χ0v) is 11.4. The normalized spacial score (nSPS) is 17.3. The Balaban J connectivity index is 3.83. The molecule has 2 atom stereocenters. The van der Waals surface area contributed by atoms with E-state index >= 15 is 0 Å². The van der Waals surface area contributed by atoms with Crippen LogP contribution >= 0.6 is 7.60 Å². The van der Waals surface area contributed by atoms with Gasteiger partial charge in [-0.2, -0.15) is 0 Å². The maximum absolute atomic E-state index is 11.7. The van der Waals surface area contributed by atoms with E-state index in [1.165, 1.54) is 12.8 Å². The van der Waals surface area contributed by atoms with Crippen LogP contribution in [0.4, 0.5) is 0 Å². The minimum atomic E-state index is -2.79. The monoisotopic (exact) mass is 236 g/mol. The van der Waals surface area contributed by atoms with Crippen molar-refractivity contribution in [3.8, 4) is 0 Å². The Kier molecular flexibility index (Phi) is 8.40. The fourth-order valence-corrected chi connectivity index (χ4v) is 2.44. The van der Waals surface area contributed by atoms with E-state index in [2.05, 4.69) is 13.8 Å². The number of hydrogen-bond donors (Lipinski definition) is 0. The van der Waals surface area contributed by atoms with E-state index in [0.717, 1.165) is 12.8 Å². The lowest BCUT2D eigenvalue weighted by atomic mass is 10.0. The van der Waals surface area contributed by atoms with Gasteiger partial charge < -0.3 is 9.05 Å². The summed E-state index contributed by atoms with van der Waals surface area (Å²) in [6.07, 6.45) is 4.64. The van der Waals surface area contributed by atoms with E-state index in [0.29, 0.717) is 19.1 Å². The zero-order valence-electron chi connectivity index (χ0n) is 10.5. The Morgan fingerprint density at radius 2 is 1.87 bits per heavy atom. The lowest BCUT2D eigenvalue weighted by Crippen LogP contribution is -2.08. The summed E-state index contributed by atoms with van der Waals surface area (Å²) in [7, 11) is -2.79. The van der Waals surface area contributed by atoms with Crippen molar-refractivity contribution in [3.05, 3.63) is 0 Å². The Hall–Kier alpha value is 0.150. The van der Waals surface area contributed by atoms with Gasteiger partial charge in [0.2, 0.25) is 0 Å². The van der Waals surface area contributed by atoms with Crippen LogP contribution in [0.5, 0.6) is 0 Å². The van der Waals surface area contributed by atoms with E-state index in [1.54, 1.807) is 6.66 Å². The lowest BCUT2D eigenvalue weighted by molar-refractivity contribution is 0.180. The average Bonchev–Trinajstić information content (AvgIpc) is 2.18. The van der Waals surface area contributed by atoms with Gasteiger partial charge in [-0.3, -0.25) is 4.57 Å². The summed E-state index contributed by atoms with van der Waals surface area (Å²) in [5, 5.41) is 0. The molecule has 0 aliphatic heterocycles. The quantitative estimate of drug-likeness (QED) is 0.566. The van der Waals surface area contributed by atoms with Crippen LogP contribution in [0.1, 0.15) is 46.5 Å². The van der Waals surface area contributed by atoms with Crippen LogP contribution in [0.2, 0.25) is 0 Å². The Morgan fingerprint density at radius 3 is 2.33 bits per heavy atom. The minimum absolute atomic E-state index is 0.444. The molecule has 15 heavy (non-hydrogen) atoms. The molecule has 0 aliphatic rings. The van der Waals surface area contributed by atoms with E-state index in [9.17, 15) is 4.57 Å². The van der Waals surface area contributed by atoms with Gasteiger partial charge in [0.15, 0.2) is 0 Å². The highest BCUT2D eigenvalue weighted by molar-refractivity contribution is 7.52. The molecule has 0 rings (SSSR count). The van der Waals surface area contributed by atoms with Crippen molar-refractivity contribution < 1.29 is 13.6 Å². The summed E-state index contributed by atoms with van der Waals surface area (Å²) in [5.74, 6) is 0.513. The van der Waals surface area contributed by atoms with Gasteiger partial charge in [0.1, 0.15) is 0 Å². The third kappa shape index (κ3) is 8.01. The van der Waals surface area contributed by atoms with Gasteiger partial charge in [-0.05, 0) is 19.3 Å². The van der Waals surface area contributed by atoms with Gasteiger partial charge in [-0.25, -0.2) is 0 Å². The van der Waals surface area contributed by atoms with E-state index in [4.69, 9.17) is 9.05 Å². The first kappa shape index (κ1) is 15.2. The van der Waals surface area contributed by atoms with Gasteiger partial charge in [-0.1, -0.05) is 33.1 Å². The van der Waals surface area contributed by atoms with Gasteiger partial charge >= 0.3 is 7.60 Å². The summed E-state index contributed by atoms with van der Waals surface area (Å²) in [6, 6.07) is 0. The molecule has 0 aromatic rings. The van der Waals surface area contributed by atoms with Crippen LogP contribution in [0.15, 0.2) is 0 Å². The molecule has 3 nitrogen and oxygen atoms in total.